The molecule has 0 spiro atoms. The van der Waals surface area contributed by atoms with Crippen molar-refractivity contribution in [2.75, 3.05) is 26.1 Å². The van der Waals surface area contributed by atoms with E-state index in [1.165, 1.54) is 69.2 Å². The zero-order chi connectivity index (χ0) is 31.6. The smallest absolute Gasteiger partial charge is 0.261 e. The van der Waals surface area contributed by atoms with Crippen molar-refractivity contribution >= 4 is 22.5 Å². The third-order valence-electron chi connectivity index (χ3n) is 7.13. The highest BCUT2D eigenvalue weighted by Gasteiger charge is 2.24. The summed E-state index contributed by atoms with van der Waals surface area (Å²) in [7, 11) is 3.00. The van der Waals surface area contributed by atoms with Gasteiger partial charge in [-0.15, -0.1) is 0 Å². The van der Waals surface area contributed by atoms with E-state index in [1.807, 2.05) is 0 Å². The number of hydrogen-bond donors (Lipinski definition) is 2. The summed E-state index contributed by atoms with van der Waals surface area (Å²) in [6.07, 6.45) is 4.34. The van der Waals surface area contributed by atoms with Gasteiger partial charge in [0, 0.05) is 47.4 Å². The second-order valence-electron chi connectivity index (χ2n) is 10.5. The van der Waals surface area contributed by atoms with E-state index in [9.17, 15) is 19.1 Å². The van der Waals surface area contributed by atoms with Gasteiger partial charge in [0.25, 0.3) is 5.91 Å². The van der Waals surface area contributed by atoms with E-state index in [0.717, 1.165) is 6.07 Å². The number of fused-ring (bicyclic) bond motifs is 1. The summed E-state index contributed by atoms with van der Waals surface area (Å²) in [4.78, 5) is 31.1. The Hall–Kier alpha value is -5.29. The van der Waals surface area contributed by atoms with Crippen LogP contribution in [0.5, 0.6) is 23.0 Å². The Morgan fingerprint density at radius 2 is 1.64 bits per heavy atom. The predicted octanol–water partition coefficient (Wildman–Crippen LogP) is 6.13. The third kappa shape index (κ3) is 5.95. The summed E-state index contributed by atoms with van der Waals surface area (Å²) < 4.78 is 46.9. The first-order valence-electron chi connectivity index (χ1n) is 13.5. The molecule has 0 aliphatic rings. The molecule has 0 radical (unpaired) electrons. The normalized spacial score (nSPS) is 11.3. The van der Waals surface area contributed by atoms with Gasteiger partial charge in [-0.25, -0.2) is 8.78 Å². The summed E-state index contributed by atoms with van der Waals surface area (Å²) >= 11 is 0. The highest BCUT2D eigenvalue weighted by Crippen LogP contribution is 2.37. The van der Waals surface area contributed by atoms with Crippen molar-refractivity contribution in [2.24, 2.45) is 0 Å². The third-order valence-corrected chi connectivity index (χ3v) is 7.13. The minimum absolute atomic E-state index is 0.0744. The van der Waals surface area contributed by atoms with Gasteiger partial charge in [0.2, 0.25) is 5.43 Å². The number of nitrogens with one attached hydrogen (secondary N) is 1. The van der Waals surface area contributed by atoms with E-state index in [1.54, 1.807) is 36.6 Å². The van der Waals surface area contributed by atoms with Crippen LogP contribution in [-0.2, 0) is 5.54 Å². The van der Waals surface area contributed by atoms with E-state index < -0.39 is 28.5 Å². The fourth-order valence-electron chi connectivity index (χ4n) is 4.52. The molecule has 0 aliphatic carbocycles. The van der Waals surface area contributed by atoms with E-state index in [-0.39, 0.29) is 29.2 Å². The number of halogens is 2. The van der Waals surface area contributed by atoms with Crippen LogP contribution in [0.15, 0.2) is 84.0 Å². The van der Waals surface area contributed by atoms with Gasteiger partial charge >= 0.3 is 0 Å². The summed E-state index contributed by atoms with van der Waals surface area (Å²) in [6, 6.07) is 14.0. The maximum Gasteiger partial charge on any atom is 0.261 e. The van der Waals surface area contributed by atoms with Crippen LogP contribution in [0.2, 0.25) is 0 Å². The summed E-state index contributed by atoms with van der Waals surface area (Å²) in [5, 5.41) is 13.1. The van der Waals surface area contributed by atoms with Crippen LogP contribution >= 0.6 is 0 Å². The van der Waals surface area contributed by atoms with Crippen LogP contribution in [0.4, 0.5) is 14.5 Å². The maximum absolute atomic E-state index is 15.3. The molecule has 0 bridgehead atoms. The standard InChI is InChI=1S/C33H29F2N3O6/c1-33(2,18-39)38-16-23(19-5-7-20(34)8-6-19)31(40)24(17-38)32(41)37-21-9-10-28(25(35)13-21)44-27-11-12-36-26-15-30(43-4)29(42-3)14-22(26)27/h5-17,39H,18H2,1-4H3,(H,37,41). The number of carbonyl (C=O) groups excluding carboxylic acids is 1. The van der Waals surface area contributed by atoms with Crippen LogP contribution in [-0.4, -0.2) is 41.4 Å². The van der Waals surface area contributed by atoms with Crippen molar-refractivity contribution in [3.63, 3.8) is 0 Å². The van der Waals surface area contributed by atoms with Crippen molar-refractivity contribution in [2.45, 2.75) is 19.4 Å². The first-order valence-corrected chi connectivity index (χ1v) is 13.5. The molecule has 44 heavy (non-hydrogen) atoms. The zero-order valence-electron chi connectivity index (χ0n) is 24.4. The van der Waals surface area contributed by atoms with Crippen LogP contribution in [0, 0.1) is 11.6 Å². The number of nitrogens with zero attached hydrogens (tertiary/aromatic N) is 2. The largest absolute Gasteiger partial charge is 0.493 e. The molecule has 5 rings (SSSR count). The number of pyridine rings is 2. The fraction of sp³-hybridized carbons (Fsp3) is 0.182. The second-order valence-corrected chi connectivity index (χ2v) is 10.5. The van der Waals surface area contributed by atoms with Crippen LogP contribution < -0.4 is 25.0 Å². The number of rotatable bonds is 9. The van der Waals surface area contributed by atoms with Crippen LogP contribution in [0.3, 0.4) is 0 Å². The first kappa shape index (κ1) is 30.2. The van der Waals surface area contributed by atoms with Gasteiger partial charge in [-0.1, -0.05) is 12.1 Å². The fourth-order valence-corrected chi connectivity index (χ4v) is 4.52. The van der Waals surface area contributed by atoms with Gasteiger partial charge < -0.3 is 29.2 Å². The van der Waals surface area contributed by atoms with Gasteiger partial charge in [0.1, 0.15) is 17.1 Å². The molecule has 226 valence electrons. The van der Waals surface area contributed by atoms with Crippen LogP contribution in [0.25, 0.3) is 22.0 Å². The average Bonchev–Trinajstić information content (AvgIpc) is 3.02. The lowest BCUT2D eigenvalue weighted by atomic mass is 10.0. The minimum atomic E-state index is -0.880. The molecule has 1 amide bonds. The lowest BCUT2D eigenvalue weighted by Crippen LogP contribution is -2.34. The number of carbonyl (C=O) groups is 1. The molecule has 11 heteroatoms. The maximum atomic E-state index is 15.3. The van der Waals surface area contributed by atoms with Crippen molar-refractivity contribution in [3.8, 4) is 34.1 Å². The highest BCUT2D eigenvalue weighted by molar-refractivity contribution is 6.04. The lowest BCUT2D eigenvalue weighted by molar-refractivity contribution is 0.102. The molecule has 2 heterocycles. The molecule has 0 unspecified atom stereocenters. The number of aliphatic hydroxyl groups excluding tert-OH is 1. The Balaban J connectivity index is 1.45. The molecular weight excluding hydrogens is 572 g/mol. The monoisotopic (exact) mass is 601 g/mol. The van der Waals surface area contributed by atoms with E-state index in [2.05, 4.69) is 10.3 Å². The molecule has 2 N–H and O–H groups in total. The SMILES string of the molecule is COc1cc2nccc(Oc3ccc(NC(=O)c4cn(C(C)(C)CO)cc(-c5ccc(F)cc5)c4=O)cc3F)c2cc1OC. The summed E-state index contributed by atoms with van der Waals surface area (Å²) in [6.45, 7) is 3.15. The van der Waals surface area contributed by atoms with Crippen LogP contribution in [0.1, 0.15) is 24.2 Å². The first-order chi connectivity index (χ1) is 21.0. The topological polar surface area (TPSA) is 112 Å². The summed E-state index contributed by atoms with van der Waals surface area (Å²) in [5.41, 5.74) is -0.603. The molecule has 2 aromatic heterocycles. The lowest BCUT2D eigenvalue weighted by Gasteiger charge is -2.27. The van der Waals surface area contributed by atoms with Crippen molar-refractivity contribution in [1.29, 1.82) is 0 Å². The zero-order valence-corrected chi connectivity index (χ0v) is 24.4. The number of aliphatic hydroxyl groups is 1. The van der Waals surface area contributed by atoms with Crippen molar-refractivity contribution in [1.82, 2.24) is 9.55 Å². The highest BCUT2D eigenvalue weighted by atomic mass is 19.1. The molecule has 5 aromatic rings. The number of anilines is 1. The van der Waals surface area contributed by atoms with Crippen molar-refractivity contribution < 1.29 is 32.9 Å². The number of hydrogen-bond acceptors (Lipinski definition) is 7. The number of ether oxygens (including phenoxy) is 3. The second kappa shape index (κ2) is 12.1. The number of aromatic nitrogens is 2. The Bertz CT molecular complexity index is 1920. The Labute approximate surface area is 251 Å². The number of methoxy groups -OCH3 is 2. The average molecular weight is 602 g/mol. The number of benzene rings is 3. The molecule has 0 saturated heterocycles. The molecule has 0 atom stereocenters. The summed E-state index contributed by atoms with van der Waals surface area (Å²) in [5.74, 6) is -0.924. The van der Waals surface area contributed by atoms with Gasteiger partial charge in [-0.2, -0.15) is 0 Å². The number of amides is 1. The predicted molar refractivity (Wildman–Crippen MR) is 162 cm³/mol. The van der Waals surface area contributed by atoms with E-state index in [4.69, 9.17) is 14.2 Å². The van der Waals surface area contributed by atoms with Crippen molar-refractivity contribution in [3.05, 3.63) is 107 Å². The van der Waals surface area contributed by atoms with E-state index in [0.29, 0.717) is 33.7 Å². The quantitative estimate of drug-likeness (QED) is 0.209. The van der Waals surface area contributed by atoms with Gasteiger partial charge in [0.05, 0.1) is 31.9 Å². The molecule has 9 nitrogen and oxygen atoms in total. The molecular formula is C33H29F2N3O6. The molecule has 0 fully saturated rings. The van der Waals surface area contributed by atoms with Gasteiger partial charge in [-0.3, -0.25) is 14.6 Å². The molecule has 3 aromatic carbocycles. The molecule has 0 saturated carbocycles. The Morgan fingerprint density at radius 3 is 2.30 bits per heavy atom. The molecule has 0 aliphatic heterocycles. The minimum Gasteiger partial charge on any atom is -0.493 e. The Kier molecular flexibility index (Phi) is 8.32. The van der Waals surface area contributed by atoms with Gasteiger partial charge in [0.15, 0.2) is 23.1 Å². The van der Waals surface area contributed by atoms with E-state index >= 15 is 4.39 Å². The Morgan fingerprint density at radius 1 is 0.932 bits per heavy atom. The van der Waals surface area contributed by atoms with Gasteiger partial charge in [-0.05, 0) is 55.8 Å².